The van der Waals surface area contributed by atoms with Crippen molar-refractivity contribution in [2.75, 3.05) is 44.3 Å². The van der Waals surface area contributed by atoms with Gasteiger partial charge in [-0.1, -0.05) is 12.1 Å². The van der Waals surface area contributed by atoms with E-state index in [0.29, 0.717) is 0 Å². The highest BCUT2D eigenvalue weighted by molar-refractivity contribution is 7.92. The molecule has 3 rings (SSSR count). The number of nitrogens with one attached hydrogen (secondary N) is 1. The van der Waals surface area contributed by atoms with Gasteiger partial charge >= 0.3 is 5.97 Å². The van der Waals surface area contributed by atoms with Crippen molar-refractivity contribution in [2.45, 2.75) is 18.7 Å². The molecule has 11 nitrogen and oxygen atoms in total. The number of benzene rings is 1. The Morgan fingerprint density at radius 3 is 2.18 bits per heavy atom. The Bertz CT molecular complexity index is 1290. The lowest BCUT2D eigenvalue weighted by molar-refractivity contribution is 0.0594. The van der Waals surface area contributed by atoms with Gasteiger partial charge in [-0.15, -0.1) is 0 Å². The summed E-state index contributed by atoms with van der Waals surface area (Å²) < 4.78 is 63.4. The first kappa shape index (κ1) is 24.7. The second-order valence-electron chi connectivity index (χ2n) is 7.53. The summed E-state index contributed by atoms with van der Waals surface area (Å²) in [7, 11) is -6.53. The molecule has 2 heterocycles. The molecule has 1 aromatic carbocycles. The molecule has 33 heavy (non-hydrogen) atoms. The second-order valence-corrected chi connectivity index (χ2v) is 11.1. The van der Waals surface area contributed by atoms with Gasteiger partial charge in [0.15, 0.2) is 0 Å². The van der Waals surface area contributed by atoms with Crippen molar-refractivity contribution in [1.29, 1.82) is 0 Å². The highest BCUT2D eigenvalue weighted by Gasteiger charge is 2.38. The molecule has 0 saturated carbocycles. The van der Waals surface area contributed by atoms with Crippen molar-refractivity contribution >= 4 is 37.6 Å². The van der Waals surface area contributed by atoms with Crippen LogP contribution in [-0.2, 0) is 24.8 Å². The number of anilines is 1. The Morgan fingerprint density at radius 2 is 1.61 bits per heavy atom. The largest absolute Gasteiger partial charge is 0.465 e. The number of nitrogens with zero attached hydrogens (tertiary/aromatic N) is 2. The van der Waals surface area contributed by atoms with E-state index in [0.717, 1.165) is 13.4 Å². The fourth-order valence-electron chi connectivity index (χ4n) is 3.70. The van der Waals surface area contributed by atoms with Gasteiger partial charge in [-0.05, 0) is 26.0 Å². The molecule has 0 atom stereocenters. The van der Waals surface area contributed by atoms with Gasteiger partial charge in [0.05, 0.1) is 24.6 Å². The van der Waals surface area contributed by atoms with E-state index in [1.807, 2.05) is 0 Å². The molecule has 0 bridgehead atoms. The maximum atomic E-state index is 13.3. The highest BCUT2D eigenvalue weighted by atomic mass is 32.2. The predicted molar refractivity (Wildman–Crippen MR) is 119 cm³/mol. The number of esters is 1. The third kappa shape index (κ3) is 5.04. The first-order chi connectivity index (χ1) is 15.4. The monoisotopic (exact) mass is 499 g/mol. The van der Waals surface area contributed by atoms with Crippen LogP contribution in [0.5, 0.6) is 0 Å². The molecule has 13 heteroatoms. The number of carbonyl (C=O) groups is 2. The molecular formula is C20H25N3O8S2. The lowest BCUT2D eigenvalue weighted by atomic mass is 10.1. The minimum absolute atomic E-state index is 0.0139. The van der Waals surface area contributed by atoms with E-state index in [1.165, 1.54) is 35.2 Å². The molecule has 1 amide bonds. The predicted octanol–water partition coefficient (Wildman–Crippen LogP) is 1.20. The van der Waals surface area contributed by atoms with Crippen molar-refractivity contribution in [2.24, 2.45) is 0 Å². The van der Waals surface area contributed by atoms with E-state index in [-0.39, 0.29) is 59.4 Å². The van der Waals surface area contributed by atoms with Crippen LogP contribution in [0.25, 0.3) is 0 Å². The number of ether oxygens (including phenoxy) is 1. The Kier molecular flexibility index (Phi) is 6.86. The number of carbonyl (C=O) groups excluding carboxylic acids is 2. The average Bonchev–Trinajstić information content (AvgIpc) is 3.06. The Hall–Kier alpha value is -2.90. The summed E-state index contributed by atoms with van der Waals surface area (Å²) in [5.74, 6) is -1.02. The maximum absolute atomic E-state index is 13.3. The number of furan rings is 1. The van der Waals surface area contributed by atoms with E-state index in [1.54, 1.807) is 12.1 Å². The van der Waals surface area contributed by atoms with Crippen LogP contribution in [0.15, 0.2) is 33.6 Å². The molecule has 1 fully saturated rings. The van der Waals surface area contributed by atoms with E-state index >= 15 is 0 Å². The van der Waals surface area contributed by atoms with Crippen LogP contribution in [0, 0.1) is 13.8 Å². The standard InChI is InChI=1S/C20H25N3O8S2/c1-13-17(20(25)30-3)18(14(2)31-13)33(28,29)23-11-9-22(10-12-23)19(24)15-7-5-6-8-16(15)21-32(4,26)27/h5-8,21H,9-12H2,1-4H3. The molecule has 1 N–H and O–H groups in total. The van der Waals surface area contributed by atoms with Gasteiger partial charge in [0.25, 0.3) is 5.91 Å². The second kappa shape index (κ2) is 9.15. The number of amides is 1. The summed E-state index contributed by atoms with van der Waals surface area (Å²) >= 11 is 0. The van der Waals surface area contributed by atoms with Crippen LogP contribution in [0.1, 0.15) is 32.2 Å². The summed E-state index contributed by atoms with van der Waals surface area (Å²) in [5, 5.41) is 0. The molecule has 1 aliphatic rings. The third-order valence-corrected chi connectivity index (χ3v) is 7.81. The van der Waals surface area contributed by atoms with Crippen molar-refractivity contribution in [1.82, 2.24) is 9.21 Å². The smallest absolute Gasteiger partial charge is 0.342 e. The Morgan fingerprint density at radius 1 is 1.00 bits per heavy atom. The number of sulfonamides is 2. The lowest BCUT2D eigenvalue weighted by Crippen LogP contribution is -2.50. The number of methoxy groups -OCH3 is 1. The van der Waals surface area contributed by atoms with Crippen molar-refractivity contribution < 1.29 is 35.6 Å². The van der Waals surface area contributed by atoms with Crippen LogP contribution in [-0.4, -0.2) is 77.5 Å². The zero-order valence-corrected chi connectivity index (χ0v) is 20.2. The van der Waals surface area contributed by atoms with Crippen molar-refractivity contribution in [3.05, 3.63) is 46.9 Å². The van der Waals surface area contributed by atoms with Crippen molar-refractivity contribution in [3.8, 4) is 0 Å². The van der Waals surface area contributed by atoms with Gasteiger partial charge in [0, 0.05) is 26.2 Å². The molecule has 0 spiro atoms. The van der Waals surface area contributed by atoms with Gasteiger partial charge in [-0.25, -0.2) is 21.6 Å². The fourth-order valence-corrected chi connectivity index (χ4v) is 6.07. The molecule has 0 radical (unpaired) electrons. The van der Waals surface area contributed by atoms with Gasteiger partial charge in [0.2, 0.25) is 20.0 Å². The molecule has 1 aliphatic heterocycles. The van der Waals surface area contributed by atoms with Crippen LogP contribution in [0.2, 0.25) is 0 Å². The topological polar surface area (TPSA) is 143 Å². The number of hydrogen-bond acceptors (Lipinski definition) is 8. The maximum Gasteiger partial charge on any atom is 0.342 e. The van der Waals surface area contributed by atoms with E-state index < -0.39 is 31.9 Å². The normalized spacial score (nSPS) is 15.3. The summed E-state index contributed by atoms with van der Waals surface area (Å²) in [6.45, 7) is 3.07. The molecule has 2 aromatic rings. The quantitative estimate of drug-likeness (QED) is 0.584. The van der Waals surface area contributed by atoms with Crippen LogP contribution < -0.4 is 4.72 Å². The zero-order chi connectivity index (χ0) is 24.6. The van der Waals surface area contributed by atoms with E-state index in [4.69, 9.17) is 9.15 Å². The summed E-state index contributed by atoms with van der Waals surface area (Å²) in [6, 6.07) is 6.19. The lowest BCUT2D eigenvalue weighted by Gasteiger charge is -2.34. The molecule has 0 unspecified atom stereocenters. The third-order valence-electron chi connectivity index (χ3n) is 5.17. The molecule has 1 aromatic heterocycles. The van der Waals surface area contributed by atoms with Crippen molar-refractivity contribution in [3.63, 3.8) is 0 Å². The van der Waals surface area contributed by atoms with Crippen LogP contribution >= 0.6 is 0 Å². The zero-order valence-electron chi connectivity index (χ0n) is 18.6. The molecular weight excluding hydrogens is 474 g/mol. The van der Waals surface area contributed by atoms with Crippen LogP contribution in [0.4, 0.5) is 5.69 Å². The number of aryl methyl sites for hydroxylation is 2. The number of piperazine rings is 1. The minimum Gasteiger partial charge on any atom is -0.465 e. The first-order valence-corrected chi connectivity index (χ1v) is 13.2. The Balaban J connectivity index is 1.81. The number of rotatable bonds is 6. The average molecular weight is 500 g/mol. The van der Waals surface area contributed by atoms with Gasteiger partial charge < -0.3 is 14.1 Å². The van der Waals surface area contributed by atoms with E-state index in [2.05, 4.69) is 4.72 Å². The Labute approximate surface area is 192 Å². The molecule has 0 aliphatic carbocycles. The fraction of sp³-hybridized carbons (Fsp3) is 0.400. The molecule has 1 saturated heterocycles. The van der Waals surface area contributed by atoms with Gasteiger partial charge in [-0.3, -0.25) is 9.52 Å². The number of hydrogen-bond donors (Lipinski definition) is 1. The summed E-state index contributed by atoms with van der Waals surface area (Å²) in [4.78, 5) is 26.4. The first-order valence-electron chi connectivity index (χ1n) is 9.91. The van der Waals surface area contributed by atoms with Crippen LogP contribution in [0.3, 0.4) is 0 Å². The minimum atomic E-state index is -4.09. The highest BCUT2D eigenvalue weighted by Crippen LogP contribution is 2.30. The molecule has 180 valence electrons. The van der Waals surface area contributed by atoms with Gasteiger partial charge in [-0.2, -0.15) is 4.31 Å². The SMILES string of the molecule is COC(=O)c1c(C)oc(C)c1S(=O)(=O)N1CCN(C(=O)c2ccccc2NS(C)(=O)=O)CC1. The summed E-state index contributed by atoms with van der Waals surface area (Å²) in [6.07, 6.45) is 0.986. The number of para-hydroxylation sites is 1. The van der Waals surface area contributed by atoms with Gasteiger partial charge in [0.1, 0.15) is 22.0 Å². The summed E-state index contributed by atoms with van der Waals surface area (Å²) in [5.41, 5.74) is 0.162. The van der Waals surface area contributed by atoms with E-state index in [9.17, 15) is 26.4 Å².